The Morgan fingerprint density at radius 1 is 0.571 bits per heavy atom. The van der Waals surface area contributed by atoms with Crippen LogP contribution in [0, 0.1) is 0 Å². The van der Waals surface area contributed by atoms with E-state index in [2.05, 4.69) is 0 Å². The Labute approximate surface area is 134 Å². The molecule has 0 spiro atoms. The van der Waals surface area contributed by atoms with Crippen molar-refractivity contribution in [3.05, 3.63) is 0 Å². The van der Waals surface area contributed by atoms with Gasteiger partial charge in [0.05, 0.1) is 0 Å². The molecule has 0 aliphatic rings. The molecule has 0 aromatic rings. The first kappa shape index (κ1) is 26.3. The van der Waals surface area contributed by atoms with Gasteiger partial charge in [-0.05, 0) is 19.6 Å². The van der Waals surface area contributed by atoms with Gasteiger partial charge in [-0.25, -0.2) is 0 Å². The van der Waals surface area contributed by atoms with E-state index in [-0.39, 0.29) is 0 Å². The fourth-order valence-electron chi connectivity index (χ4n) is 0.430. The summed E-state index contributed by atoms with van der Waals surface area (Å²) in [7, 11) is 6.45. The molecule has 10 heteroatoms. The Bertz CT molecular complexity index is 198. The molecule has 0 bridgehead atoms. The van der Waals surface area contributed by atoms with Crippen molar-refractivity contribution in [3.8, 4) is 0 Å². The van der Waals surface area contributed by atoms with E-state index in [1.807, 2.05) is 26.2 Å². The van der Waals surface area contributed by atoms with Crippen molar-refractivity contribution in [3.63, 3.8) is 0 Å². The van der Waals surface area contributed by atoms with Crippen molar-refractivity contribution in [2.45, 2.75) is 26.2 Å². The van der Waals surface area contributed by atoms with Crippen molar-refractivity contribution in [1.82, 2.24) is 0 Å². The average Bonchev–Trinajstić information content (AvgIpc) is 2.54. The third-order valence-corrected chi connectivity index (χ3v) is 8.28. The highest BCUT2D eigenvalue weighted by Crippen LogP contribution is 2.02. The summed E-state index contributed by atoms with van der Waals surface area (Å²) in [6.45, 7) is 7.78. The van der Waals surface area contributed by atoms with Crippen molar-refractivity contribution in [2.24, 2.45) is 0 Å². The molecule has 0 aromatic heterocycles. The zero-order valence-electron chi connectivity index (χ0n) is 15.4. The first-order chi connectivity index (χ1) is 9.61. The van der Waals surface area contributed by atoms with Crippen molar-refractivity contribution in [2.75, 3.05) is 49.8 Å². The summed E-state index contributed by atoms with van der Waals surface area (Å²) in [4.78, 5) is 0. The number of hydrogen-bond donors (Lipinski definition) is 0. The Balaban J connectivity index is -0.000000234. The minimum absolute atomic E-state index is 1.16. The maximum Gasteiger partial charge on any atom is 0.496 e. The van der Waals surface area contributed by atoms with Crippen LogP contribution >= 0.6 is 0 Å². The van der Waals surface area contributed by atoms with Gasteiger partial charge < -0.3 is 31.0 Å². The van der Waals surface area contributed by atoms with E-state index < -0.39 is 26.6 Å². The first-order valence-electron chi connectivity index (χ1n) is 6.43. The normalized spacial score (nSPS) is 11.4. The van der Waals surface area contributed by atoms with Gasteiger partial charge in [-0.3, -0.25) is 0 Å². The van der Waals surface area contributed by atoms with E-state index in [4.69, 9.17) is 31.0 Å². The molecule has 0 aliphatic carbocycles. The van der Waals surface area contributed by atoms with E-state index >= 15 is 0 Å². The minimum Gasteiger partial charge on any atom is -0.400 e. The summed E-state index contributed by atoms with van der Waals surface area (Å²) in [6.07, 6.45) is 0. The summed E-state index contributed by atoms with van der Waals surface area (Å²) in [5.74, 6) is 0. The monoisotopic (exact) mass is 362 g/mol. The van der Waals surface area contributed by atoms with Crippen molar-refractivity contribution >= 4 is 26.6 Å². The molecule has 0 saturated heterocycles. The summed E-state index contributed by atoms with van der Waals surface area (Å²) < 4.78 is 34.4. The Morgan fingerprint density at radius 2 is 0.857 bits per heavy atom. The average molecular weight is 363 g/mol. The lowest BCUT2D eigenvalue weighted by molar-refractivity contribution is 0.132. The molecule has 0 aliphatic heterocycles. The number of rotatable bonds is 7. The van der Waals surface area contributed by atoms with Gasteiger partial charge in [0.25, 0.3) is 0 Å². The van der Waals surface area contributed by atoms with Crippen LogP contribution < -0.4 is 0 Å². The van der Waals surface area contributed by atoms with Crippen LogP contribution in [0.3, 0.4) is 0 Å². The molecule has 0 amide bonds. The van der Waals surface area contributed by atoms with Crippen LogP contribution in [0.4, 0.5) is 0 Å². The summed E-state index contributed by atoms with van der Waals surface area (Å²) >= 11 is 0. The fourth-order valence-corrected chi connectivity index (χ4v) is 1.29. The van der Waals surface area contributed by atoms with Crippen molar-refractivity contribution in [1.29, 1.82) is 0 Å². The van der Waals surface area contributed by atoms with Gasteiger partial charge in [0.1, 0.15) is 0 Å². The standard InChI is InChI=1S/C4H12O3Si.C4H12O2Si.C3H10O2Si/c1-5-8(4,6-2)7-3;1-5-7(3,4)6-2;1-4-6(3)5-2/h1-4H3;1-4H3;6H,1-3H3. The molecule has 0 atom stereocenters. The molecule has 21 heavy (non-hydrogen) atoms. The zero-order chi connectivity index (χ0) is 17.5. The second-order valence-corrected chi connectivity index (χ2v) is 13.0. The molecule has 0 radical (unpaired) electrons. The molecule has 132 valence electrons. The summed E-state index contributed by atoms with van der Waals surface area (Å²) in [5.41, 5.74) is 0. The summed E-state index contributed by atoms with van der Waals surface area (Å²) in [6, 6.07) is 0. The first-order valence-corrected chi connectivity index (χ1v) is 13.6. The second-order valence-electron chi connectivity index (χ2n) is 4.32. The molecular formula is C11H34O7Si3. The topological polar surface area (TPSA) is 64.6 Å². The van der Waals surface area contributed by atoms with Gasteiger partial charge in [-0.1, -0.05) is 0 Å². The predicted octanol–water partition coefficient (Wildman–Crippen LogP) is 1.60. The smallest absolute Gasteiger partial charge is 0.400 e. The molecule has 0 N–H and O–H groups in total. The predicted molar refractivity (Wildman–Crippen MR) is 91.2 cm³/mol. The molecule has 0 heterocycles. The van der Waals surface area contributed by atoms with Crippen LogP contribution in [0.25, 0.3) is 0 Å². The van der Waals surface area contributed by atoms with Gasteiger partial charge in [0.15, 0.2) is 0 Å². The van der Waals surface area contributed by atoms with Crippen LogP contribution in [-0.2, 0) is 31.0 Å². The second kappa shape index (κ2) is 15.3. The molecule has 0 unspecified atom stereocenters. The van der Waals surface area contributed by atoms with Crippen LogP contribution in [0.5, 0.6) is 0 Å². The lowest BCUT2D eigenvalue weighted by atomic mass is 11.8. The van der Waals surface area contributed by atoms with E-state index in [0.29, 0.717) is 0 Å². The van der Waals surface area contributed by atoms with Crippen LogP contribution in [0.15, 0.2) is 0 Å². The molecule has 7 nitrogen and oxygen atoms in total. The minimum atomic E-state index is -2.17. The van der Waals surface area contributed by atoms with E-state index in [9.17, 15) is 0 Å². The number of hydrogen-bond acceptors (Lipinski definition) is 7. The lowest BCUT2D eigenvalue weighted by Crippen LogP contribution is -2.38. The van der Waals surface area contributed by atoms with Gasteiger partial charge in [0, 0.05) is 56.3 Å². The van der Waals surface area contributed by atoms with Gasteiger partial charge in [-0.15, -0.1) is 0 Å². The maximum absolute atomic E-state index is 5.00. The molecule has 0 aromatic carbocycles. The van der Waals surface area contributed by atoms with Crippen LogP contribution in [0.2, 0.25) is 26.2 Å². The van der Waals surface area contributed by atoms with E-state index in [1.165, 1.54) is 0 Å². The zero-order valence-corrected chi connectivity index (χ0v) is 18.6. The lowest BCUT2D eigenvalue weighted by Gasteiger charge is -2.18. The van der Waals surface area contributed by atoms with Crippen LogP contribution in [-0.4, -0.2) is 76.4 Å². The van der Waals surface area contributed by atoms with Gasteiger partial charge in [-0.2, -0.15) is 0 Å². The Kier molecular flexibility index (Phi) is 19.1. The maximum atomic E-state index is 5.00. The highest BCUT2D eigenvalue weighted by Gasteiger charge is 2.29. The largest absolute Gasteiger partial charge is 0.496 e. The van der Waals surface area contributed by atoms with Gasteiger partial charge in [0.2, 0.25) is 0 Å². The van der Waals surface area contributed by atoms with Crippen LogP contribution in [0.1, 0.15) is 0 Å². The third kappa shape index (κ3) is 18.3. The van der Waals surface area contributed by atoms with Gasteiger partial charge >= 0.3 is 26.6 Å². The molecule has 0 saturated carbocycles. The third-order valence-electron chi connectivity index (χ3n) is 2.76. The molecular weight excluding hydrogens is 328 g/mol. The molecule has 0 fully saturated rings. The van der Waals surface area contributed by atoms with Crippen molar-refractivity contribution < 1.29 is 31.0 Å². The summed E-state index contributed by atoms with van der Waals surface area (Å²) in [5, 5.41) is 0. The SMILES string of the molecule is CO[SiH](C)OC.CO[Si](C)(C)OC.CO[Si](C)(OC)OC. The van der Waals surface area contributed by atoms with E-state index in [0.717, 1.165) is 0 Å². The highest BCUT2D eigenvalue weighted by molar-refractivity contribution is 6.64. The van der Waals surface area contributed by atoms with E-state index in [1.54, 1.807) is 49.8 Å². The molecule has 0 rings (SSSR count). The fraction of sp³-hybridized carbons (Fsp3) is 1.00. The quantitative estimate of drug-likeness (QED) is 0.637. The Hall–Kier alpha value is 0.371. The highest BCUT2D eigenvalue weighted by atomic mass is 28.4. The Morgan fingerprint density at radius 3 is 0.857 bits per heavy atom.